The average Bonchev–Trinajstić information content (AvgIpc) is 2.42. The molecular formula is C16H20BrN3. The number of nitrogens with one attached hydrogen (secondary N) is 1. The van der Waals surface area contributed by atoms with Crippen LogP contribution in [0.25, 0.3) is 0 Å². The molecule has 0 radical (unpaired) electrons. The molecule has 1 atom stereocenters. The largest absolute Gasteiger partial charge is 0.310 e. The second-order valence-electron chi connectivity index (χ2n) is 4.87. The lowest BCUT2D eigenvalue weighted by atomic mass is 10.1. The van der Waals surface area contributed by atoms with E-state index in [-0.39, 0.29) is 6.04 Å². The zero-order valence-corrected chi connectivity index (χ0v) is 13.7. The molecule has 0 spiro atoms. The smallest absolute Gasteiger partial charge is 0.132 e. The van der Waals surface area contributed by atoms with Crippen molar-refractivity contribution in [3.05, 3.63) is 57.6 Å². The van der Waals surface area contributed by atoms with Gasteiger partial charge in [0.25, 0.3) is 0 Å². The van der Waals surface area contributed by atoms with Gasteiger partial charge >= 0.3 is 0 Å². The fraction of sp³-hybridized carbons (Fsp3) is 0.375. The van der Waals surface area contributed by atoms with Crippen LogP contribution in [0.15, 0.2) is 34.9 Å². The summed E-state index contributed by atoms with van der Waals surface area (Å²) in [6, 6.07) is 8.48. The van der Waals surface area contributed by atoms with Crippen LogP contribution in [0.5, 0.6) is 0 Å². The van der Waals surface area contributed by atoms with E-state index in [2.05, 4.69) is 51.1 Å². The molecule has 4 heteroatoms. The summed E-state index contributed by atoms with van der Waals surface area (Å²) in [4.78, 5) is 9.15. The lowest BCUT2D eigenvalue weighted by molar-refractivity contribution is 0.588. The van der Waals surface area contributed by atoms with E-state index in [1.165, 1.54) is 11.1 Å². The number of benzene rings is 1. The van der Waals surface area contributed by atoms with Gasteiger partial charge in [-0.15, -0.1) is 0 Å². The predicted molar refractivity (Wildman–Crippen MR) is 85.8 cm³/mol. The van der Waals surface area contributed by atoms with Gasteiger partial charge in [0.2, 0.25) is 0 Å². The van der Waals surface area contributed by atoms with Gasteiger partial charge in [0.15, 0.2) is 0 Å². The van der Waals surface area contributed by atoms with Gasteiger partial charge in [-0.2, -0.15) is 0 Å². The van der Waals surface area contributed by atoms with Crippen molar-refractivity contribution in [2.24, 2.45) is 0 Å². The molecule has 106 valence electrons. The molecule has 0 fully saturated rings. The van der Waals surface area contributed by atoms with Gasteiger partial charge in [-0.25, -0.2) is 9.97 Å². The van der Waals surface area contributed by atoms with E-state index in [1.807, 2.05) is 31.3 Å². The Morgan fingerprint density at radius 1 is 1.30 bits per heavy atom. The van der Waals surface area contributed by atoms with Gasteiger partial charge in [0.05, 0.1) is 0 Å². The maximum Gasteiger partial charge on any atom is 0.132 e. The van der Waals surface area contributed by atoms with E-state index in [0.717, 1.165) is 29.0 Å². The molecule has 0 aliphatic rings. The molecule has 2 rings (SSSR count). The number of rotatable bonds is 5. The minimum Gasteiger partial charge on any atom is -0.310 e. The monoisotopic (exact) mass is 333 g/mol. The Hall–Kier alpha value is -1.26. The van der Waals surface area contributed by atoms with Crippen LogP contribution in [0, 0.1) is 6.92 Å². The first-order valence-corrected chi connectivity index (χ1v) is 7.70. The average molecular weight is 334 g/mol. The van der Waals surface area contributed by atoms with Crippen molar-refractivity contribution in [3.63, 3.8) is 0 Å². The topological polar surface area (TPSA) is 37.8 Å². The number of hydrogen-bond acceptors (Lipinski definition) is 3. The molecule has 1 heterocycles. The van der Waals surface area contributed by atoms with Crippen molar-refractivity contribution in [1.29, 1.82) is 0 Å². The van der Waals surface area contributed by atoms with Crippen LogP contribution in [0.3, 0.4) is 0 Å². The molecule has 0 bridgehead atoms. The molecule has 0 saturated carbocycles. The highest BCUT2D eigenvalue weighted by molar-refractivity contribution is 9.10. The van der Waals surface area contributed by atoms with E-state index >= 15 is 0 Å². The molecule has 0 saturated heterocycles. The van der Waals surface area contributed by atoms with Crippen molar-refractivity contribution in [3.8, 4) is 0 Å². The van der Waals surface area contributed by atoms with E-state index in [9.17, 15) is 0 Å². The fourth-order valence-corrected chi connectivity index (χ4v) is 2.69. The third-order valence-electron chi connectivity index (χ3n) is 3.35. The molecule has 1 aromatic heterocycles. The Kier molecular flexibility index (Phi) is 5.26. The first-order chi connectivity index (χ1) is 9.61. The third-order valence-corrected chi connectivity index (χ3v) is 4.12. The molecule has 1 unspecified atom stereocenters. The molecule has 1 N–H and O–H groups in total. The van der Waals surface area contributed by atoms with E-state index in [1.54, 1.807) is 0 Å². The highest BCUT2D eigenvalue weighted by Crippen LogP contribution is 2.20. The van der Waals surface area contributed by atoms with Crippen LogP contribution in [-0.4, -0.2) is 16.5 Å². The summed E-state index contributed by atoms with van der Waals surface area (Å²) in [5.41, 5.74) is 3.43. The lowest BCUT2D eigenvalue weighted by Gasteiger charge is -2.15. The van der Waals surface area contributed by atoms with Crippen molar-refractivity contribution < 1.29 is 0 Å². The normalized spacial score (nSPS) is 12.4. The highest BCUT2D eigenvalue weighted by Gasteiger charge is 2.10. The number of halogens is 1. The van der Waals surface area contributed by atoms with Crippen molar-refractivity contribution in [1.82, 2.24) is 15.3 Å². The zero-order valence-electron chi connectivity index (χ0n) is 12.2. The molecule has 2 aromatic rings. The number of hydrogen-bond donors (Lipinski definition) is 1. The van der Waals surface area contributed by atoms with Gasteiger partial charge in [0, 0.05) is 34.4 Å². The van der Waals surface area contributed by atoms with E-state index in [0.29, 0.717) is 0 Å². The Balaban J connectivity index is 2.19. The molecule has 3 nitrogen and oxygen atoms in total. The van der Waals surface area contributed by atoms with Crippen LogP contribution in [0.4, 0.5) is 0 Å². The summed E-state index contributed by atoms with van der Waals surface area (Å²) in [6.45, 7) is 7.24. The molecular weight excluding hydrogens is 314 g/mol. The predicted octanol–water partition coefficient (Wildman–Crippen LogP) is 3.81. The minimum atomic E-state index is 0.289. The summed E-state index contributed by atoms with van der Waals surface area (Å²) in [5, 5.41) is 3.39. The zero-order chi connectivity index (χ0) is 14.5. The summed E-state index contributed by atoms with van der Waals surface area (Å²) < 4.78 is 1.10. The van der Waals surface area contributed by atoms with Crippen LogP contribution >= 0.6 is 15.9 Å². The number of aryl methyl sites for hydroxylation is 1. The first kappa shape index (κ1) is 15.1. The van der Waals surface area contributed by atoms with Gasteiger partial charge in [0.1, 0.15) is 5.82 Å². The third kappa shape index (κ3) is 3.64. The molecule has 1 aromatic carbocycles. The van der Waals surface area contributed by atoms with E-state index < -0.39 is 0 Å². The maximum absolute atomic E-state index is 4.64. The standard InChI is InChI=1S/C16H20BrN3/c1-4-18-11(2)14-10-19-16(20-12(14)3)9-13-7-5-6-8-15(13)17/h5-8,10-11,18H,4,9H2,1-3H3. The van der Waals surface area contributed by atoms with Crippen LogP contribution in [0.2, 0.25) is 0 Å². The minimum absolute atomic E-state index is 0.289. The van der Waals surface area contributed by atoms with Crippen LogP contribution in [-0.2, 0) is 6.42 Å². The summed E-state index contributed by atoms with van der Waals surface area (Å²) in [7, 11) is 0. The summed E-state index contributed by atoms with van der Waals surface area (Å²) in [6.07, 6.45) is 2.69. The summed E-state index contributed by atoms with van der Waals surface area (Å²) >= 11 is 3.56. The molecule has 0 amide bonds. The Morgan fingerprint density at radius 3 is 2.70 bits per heavy atom. The van der Waals surface area contributed by atoms with Crippen molar-refractivity contribution >= 4 is 15.9 Å². The Bertz CT molecular complexity index is 584. The van der Waals surface area contributed by atoms with Crippen molar-refractivity contribution in [2.75, 3.05) is 6.54 Å². The summed E-state index contributed by atoms with van der Waals surface area (Å²) in [5.74, 6) is 0.863. The fourth-order valence-electron chi connectivity index (χ4n) is 2.26. The Labute approximate surface area is 129 Å². The van der Waals surface area contributed by atoms with Crippen LogP contribution < -0.4 is 5.32 Å². The highest BCUT2D eigenvalue weighted by atomic mass is 79.9. The molecule has 0 aliphatic carbocycles. The quantitative estimate of drug-likeness (QED) is 0.904. The first-order valence-electron chi connectivity index (χ1n) is 6.91. The van der Waals surface area contributed by atoms with Gasteiger partial charge in [-0.1, -0.05) is 41.1 Å². The second-order valence-corrected chi connectivity index (χ2v) is 5.73. The number of aromatic nitrogens is 2. The van der Waals surface area contributed by atoms with Gasteiger partial charge < -0.3 is 5.32 Å². The molecule has 20 heavy (non-hydrogen) atoms. The van der Waals surface area contributed by atoms with Gasteiger partial charge in [-0.05, 0) is 32.0 Å². The Morgan fingerprint density at radius 2 is 2.05 bits per heavy atom. The second kappa shape index (κ2) is 6.95. The van der Waals surface area contributed by atoms with Gasteiger partial charge in [-0.3, -0.25) is 0 Å². The maximum atomic E-state index is 4.64. The van der Waals surface area contributed by atoms with Crippen LogP contribution in [0.1, 0.15) is 42.5 Å². The molecule has 0 aliphatic heterocycles. The van der Waals surface area contributed by atoms with E-state index in [4.69, 9.17) is 0 Å². The van der Waals surface area contributed by atoms with Crippen molar-refractivity contribution in [2.45, 2.75) is 33.2 Å². The number of nitrogens with zero attached hydrogens (tertiary/aromatic N) is 2. The SMILES string of the molecule is CCNC(C)c1cnc(Cc2ccccc2Br)nc1C. The lowest BCUT2D eigenvalue weighted by Crippen LogP contribution is -2.19.